The third-order valence-corrected chi connectivity index (χ3v) is 3.21. The maximum Gasteiger partial charge on any atom is 0.136 e. The summed E-state index contributed by atoms with van der Waals surface area (Å²) in [5.41, 5.74) is 0.564. The topological polar surface area (TPSA) is 20.2 Å². The molecule has 12 heavy (non-hydrogen) atoms. The van der Waals surface area contributed by atoms with E-state index >= 15 is 0 Å². The molecule has 1 nitrogen and oxygen atoms in total. The zero-order valence-corrected chi connectivity index (χ0v) is 11.5. The molecule has 1 aromatic carbocycles. The van der Waals surface area contributed by atoms with Crippen molar-refractivity contribution >= 4 is 68.4 Å². The fourth-order valence-corrected chi connectivity index (χ4v) is 2.97. The highest BCUT2D eigenvalue weighted by atomic mass is 127. The first kappa shape index (κ1) is 11.1. The second-order valence-corrected chi connectivity index (χ2v) is 5.63. The fraction of sp³-hybridized carbons (Fsp3) is 0.143. The van der Waals surface area contributed by atoms with Gasteiger partial charge in [0.05, 0.1) is 3.57 Å². The molecule has 1 N–H and O–H groups in total. The standard InChI is InChI=1S/C7H4Cl2I2O/c8-7(9)4-1-3(10)2-5(11)6(4)12/h1-2,7,12H. The molecule has 66 valence electrons. The van der Waals surface area contributed by atoms with Crippen molar-refractivity contribution < 1.29 is 5.11 Å². The van der Waals surface area contributed by atoms with Crippen molar-refractivity contribution in [3.63, 3.8) is 0 Å². The fourth-order valence-electron chi connectivity index (χ4n) is 0.752. The number of phenolic OH excluding ortho intramolecular Hbond substituents is 1. The molecule has 0 radical (unpaired) electrons. The van der Waals surface area contributed by atoms with Crippen LogP contribution in [-0.2, 0) is 0 Å². The second kappa shape index (κ2) is 4.52. The van der Waals surface area contributed by atoms with Gasteiger partial charge in [-0.25, -0.2) is 0 Å². The van der Waals surface area contributed by atoms with Crippen molar-refractivity contribution in [2.75, 3.05) is 0 Å². The summed E-state index contributed by atoms with van der Waals surface area (Å²) in [5, 5.41) is 9.51. The number of benzene rings is 1. The SMILES string of the molecule is Oc1c(I)cc(I)cc1C(Cl)Cl. The maximum atomic E-state index is 9.51. The Hall–Kier alpha value is 1.06. The van der Waals surface area contributed by atoms with E-state index in [9.17, 15) is 5.11 Å². The molecule has 0 heterocycles. The number of rotatable bonds is 1. The number of phenols is 1. The highest BCUT2D eigenvalue weighted by molar-refractivity contribution is 14.1. The van der Waals surface area contributed by atoms with Crippen LogP contribution in [0.2, 0.25) is 0 Å². The summed E-state index contributed by atoms with van der Waals surface area (Å²) in [7, 11) is 0. The summed E-state index contributed by atoms with van der Waals surface area (Å²) < 4.78 is 1.77. The summed E-state index contributed by atoms with van der Waals surface area (Å²) in [4.78, 5) is -0.673. The highest BCUT2D eigenvalue weighted by Crippen LogP contribution is 2.36. The zero-order chi connectivity index (χ0) is 9.30. The lowest BCUT2D eigenvalue weighted by molar-refractivity contribution is 0.466. The Morgan fingerprint density at radius 1 is 1.25 bits per heavy atom. The first-order valence-electron chi connectivity index (χ1n) is 2.98. The van der Waals surface area contributed by atoms with E-state index in [1.807, 2.05) is 28.7 Å². The Kier molecular flexibility index (Phi) is 4.20. The predicted octanol–water partition coefficient (Wildman–Crippen LogP) is 4.08. The van der Waals surface area contributed by atoms with Gasteiger partial charge in [-0.1, -0.05) is 23.2 Å². The van der Waals surface area contributed by atoms with Crippen molar-refractivity contribution in [1.82, 2.24) is 0 Å². The molecular formula is C7H4Cl2I2O. The van der Waals surface area contributed by atoms with Gasteiger partial charge in [0.2, 0.25) is 0 Å². The molecular weight excluding hydrogens is 425 g/mol. The van der Waals surface area contributed by atoms with E-state index in [1.165, 1.54) is 0 Å². The van der Waals surface area contributed by atoms with Crippen LogP contribution in [0.25, 0.3) is 0 Å². The Bertz CT molecular complexity index is 302. The molecule has 0 saturated carbocycles. The third kappa shape index (κ3) is 2.52. The van der Waals surface area contributed by atoms with Gasteiger partial charge in [0.25, 0.3) is 0 Å². The molecule has 0 aliphatic carbocycles. The smallest absolute Gasteiger partial charge is 0.136 e. The Morgan fingerprint density at radius 2 is 1.83 bits per heavy atom. The van der Waals surface area contributed by atoms with E-state index in [0.29, 0.717) is 5.56 Å². The molecule has 1 aromatic rings. The molecule has 5 heteroatoms. The summed E-state index contributed by atoms with van der Waals surface area (Å²) in [5.74, 6) is 0.172. The van der Waals surface area contributed by atoms with E-state index in [1.54, 1.807) is 6.07 Å². The van der Waals surface area contributed by atoms with Crippen LogP contribution in [0.15, 0.2) is 12.1 Å². The van der Waals surface area contributed by atoms with Gasteiger partial charge in [-0.15, -0.1) is 0 Å². The normalized spacial score (nSPS) is 10.8. The van der Waals surface area contributed by atoms with Gasteiger partial charge in [0.15, 0.2) is 0 Å². The van der Waals surface area contributed by atoms with Crippen molar-refractivity contribution in [2.24, 2.45) is 0 Å². The summed E-state index contributed by atoms with van der Waals surface area (Å²) >= 11 is 15.5. The van der Waals surface area contributed by atoms with Gasteiger partial charge in [-0.3, -0.25) is 0 Å². The average Bonchev–Trinajstić information content (AvgIpc) is 1.96. The molecule has 0 aliphatic rings. The number of hydrogen-bond acceptors (Lipinski definition) is 1. The zero-order valence-electron chi connectivity index (χ0n) is 5.69. The number of hydrogen-bond donors (Lipinski definition) is 1. The van der Waals surface area contributed by atoms with Crippen molar-refractivity contribution in [3.05, 3.63) is 24.8 Å². The van der Waals surface area contributed by atoms with E-state index in [-0.39, 0.29) is 5.75 Å². The minimum Gasteiger partial charge on any atom is -0.506 e. The van der Waals surface area contributed by atoms with Crippen LogP contribution in [0.3, 0.4) is 0 Å². The monoisotopic (exact) mass is 428 g/mol. The Balaban J connectivity index is 3.28. The molecule has 0 bridgehead atoms. The lowest BCUT2D eigenvalue weighted by Gasteiger charge is -2.07. The van der Waals surface area contributed by atoms with Crippen LogP contribution in [0.5, 0.6) is 5.75 Å². The molecule has 0 spiro atoms. The number of aromatic hydroxyl groups is 1. The first-order chi connectivity index (χ1) is 5.52. The van der Waals surface area contributed by atoms with Gasteiger partial charge < -0.3 is 5.11 Å². The minimum absolute atomic E-state index is 0.172. The van der Waals surface area contributed by atoms with Gasteiger partial charge >= 0.3 is 0 Å². The quantitative estimate of drug-likeness (QED) is 0.528. The molecule has 0 amide bonds. The minimum atomic E-state index is -0.673. The van der Waals surface area contributed by atoms with E-state index in [0.717, 1.165) is 7.14 Å². The maximum absolute atomic E-state index is 9.51. The van der Waals surface area contributed by atoms with Crippen molar-refractivity contribution in [1.29, 1.82) is 0 Å². The predicted molar refractivity (Wildman–Crippen MR) is 68.0 cm³/mol. The third-order valence-electron chi connectivity index (χ3n) is 1.29. The van der Waals surface area contributed by atoms with Crippen molar-refractivity contribution in [3.8, 4) is 5.75 Å². The first-order valence-corrected chi connectivity index (χ1v) is 6.01. The van der Waals surface area contributed by atoms with Crippen LogP contribution in [0, 0.1) is 7.14 Å². The van der Waals surface area contributed by atoms with Crippen LogP contribution < -0.4 is 0 Å². The summed E-state index contributed by atoms with van der Waals surface area (Å²) in [6, 6.07) is 3.62. The van der Waals surface area contributed by atoms with Gasteiger partial charge in [0.1, 0.15) is 10.6 Å². The molecule has 1 rings (SSSR count). The lowest BCUT2D eigenvalue weighted by atomic mass is 10.2. The number of halogens is 4. The molecule has 0 aliphatic heterocycles. The Morgan fingerprint density at radius 3 is 2.33 bits per heavy atom. The van der Waals surface area contributed by atoms with Gasteiger partial charge in [0, 0.05) is 9.13 Å². The number of alkyl halides is 2. The van der Waals surface area contributed by atoms with Crippen molar-refractivity contribution in [2.45, 2.75) is 4.84 Å². The average molecular weight is 429 g/mol. The molecule has 0 unspecified atom stereocenters. The van der Waals surface area contributed by atoms with Crippen LogP contribution in [0.4, 0.5) is 0 Å². The van der Waals surface area contributed by atoms with E-state index < -0.39 is 4.84 Å². The largest absolute Gasteiger partial charge is 0.506 e. The molecule has 0 atom stereocenters. The van der Waals surface area contributed by atoms with Crippen LogP contribution in [0.1, 0.15) is 10.4 Å². The van der Waals surface area contributed by atoms with Gasteiger partial charge in [-0.2, -0.15) is 0 Å². The Labute approximate surface area is 108 Å². The van der Waals surface area contributed by atoms with E-state index in [4.69, 9.17) is 23.2 Å². The van der Waals surface area contributed by atoms with Crippen LogP contribution >= 0.6 is 68.4 Å². The summed E-state index contributed by atoms with van der Waals surface area (Å²) in [6.45, 7) is 0. The molecule has 0 aromatic heterocycles. The lowest BCUT2D eigenvalue weighted by Crippen LogP contribution is -1.87. The van der Waals surface area contributed by atoms with E-state index in [2.05, 4.69) is 22.6 Å². The molecule has 0 saturated heterocycles. The summed E-state index contributed by atoms with van der Waals surface area (Å²) in [6.07, 6.45) is 0. The highest BCUT2D eigenvalue weighted by Gasteiger charge is 2.12. The second-order valence-electron chi connectivity index (χ2n) is 2.13. The molecule has 0 fully saturated rings. The van der Waals surface area contributed by atoms with Gasteiger partial charge in [-0.05, 0) is 57.3 Å². The van der Waals surface area contributed by atoms with Crippen LogP contribution in [-0.4, -0.2) is 5.11 Å².